The number of amides is 1. The molecule has 0 atom stereocenters. The Balaban J connectivity index is 3.01. The Morgan fingerprint density at radius 1 is 1.37 bits per heavy atom. The molecular formula is C11H14F2N2O3S. The van der Waals surface area contributed by atoms with Gasteiger partial charge in [0.15, 0.2) is 0 Å². The van der Waals surface area contributed by atoms with E-state index in [-0.39, 0.29) is 24.7 Å². The highest BCUT2D eigenvalue weighted by atomic mass is 32.2. The predicted molar refractivity (Wildman–Crippen MR) is 67.2 cm³/mol. The summed E-state index contributed by atoms with van der Waals surface area (Å²) in [5.41, 5.74) is -0.255. The molecule has 0 radical (unpaired) electrons. The third kappa shape index (κ3) is 4.47. The Kier molecular flexibility index (Phi) is 4.82. The lowest BCUT2D eigenvalue weighted by Crippen LogP contribution is -2.38. The van der Waals surface area contributed by atoms with Crippen LogP contribution in [0.4, 0.5) is 14.5 Å². The van der Waals surface area contributed by atoms with Crippen molar-refractivity contribution in [3.63, 3.8) is 0 Å². The lowest BCUT2D eigenvalue weighted by Gasteiger charge is -2.22. The van der Waals surface area contributed by atoms with Crippen LogP contribution in [-0.4, -0.2) is 33.7 Å². The van der Waals surface area contributed by atoms with Gasteiger partial charge in [0.2, 0.25) is 15.9 Å². The Labute approximate surface area is 110 Å². The molecule has 19 heavy (non-hydrogen) atoms. The summed E-state index contributed by atoms with van der Waals surface area (Å²) in [6.07, 6.45) is 0.906. The minimum absolute atomic E-state index is 0.0270. The molecule has 0 heterocycles. The first-order chi connectivity index (χ1) is 8.71. The smallest absolute Gasteiger partial charge is 0.232 e. The molecular weight excluding hydrogens is 278 g/mol. The van der Waals surface area contributed by atoms with Gasteiger partial charge >= 0.3 is 0 Å². The molecule has 0 aromatic heterocycles. The van der Waals surface area contributed by atoms with Crippen molar-refractivity contribution in [3.05, 3.63) is 29.8 Å². The van der Waals surface area contributed by atoms with Gasteiger partial charge < -0.3 is 5.32 Å². The molecule has 0 aliphatic heterocycles. The number of carbonyl (C=O) groups is 1. The van der Waals surface area contributed by atoms with Gasteiger partial charge in [0.25, 0.3) is 0 Å². The van der Waals surface area contributed by atoms with Crippen LogP contribution in [0, 0.1) is 11.6 Å². The third-order valence-corrected chi connectivity index (χ3v) is 3.45. The summed E-state index contributed by atoms with van der Waals surface area (Å²) in [6, 6.07) is 2.61. The summed E-state index contributed by atoms with van der Waals surface area (Å²) < 4.78 is 50.4. The highest BCUT2D eigenvalue weighted by Gasteiger charge is 2.20. The number of nitrogens with zero attached hydrogens (tertiary/aromatic N) is 1. The Morgan fingerprint density at radius 3 is 2.47 bits per heavy atom. The van der Waals surface area contributed by atoms with Crippen LogP contribution in [-0.2, 0) is 14.8 Å². The molecule has 1 rings (SSSR count). The summed E-state index contributed by atoms with van der Waals surface area (Å²) in [4.78, 5) is 10.7. The minimum Gasteiger partial charge on any atom is -0.355 e. The zero-order chi connectivity index (χ0) is 14.6. The largest absolute Gasteiger partial charge is 0.355 e. The van der Waals surface area contributed by atoms with Gasteiger partial charge in [-0.25, -0.2) is 17.2 Å². The van der Waals surface area contributed by atoms with E-state index in [0.717, 1.165) is 22.7 Å². The van der Waals surface area contributed by atoms with E-state index in [9.17, 15) is 22.0 Å². The van der Waals surface area contributed by atoms with Crippen LogP contribution in [0.1, 0.15) is 6.92 Å². The van der Waals surface area contributed by atoms with E-state index in [0.29, 0.717) is 6.07 Å². The Morgan fingerprint density at radius 2 is 2.00 bits per heavy atom. The van der Waals surface area contributed by atoms with Gasteiger partial charge in [-0.3, -0.25) is 9.10 Å². The van der Waals surface area contributed by atoms with Crippen LogP contribution >= 0.6 is 0 Å². The average molecular weight is 292 g/mol. The van der Waals surface area contributed by atoms with Crippen LogP contribution in [0.5, 0.6) is 0 Å². The lowest BCUT2D eigenvalue weighted by atomic mass is 10.3. The number of hydrogen-bond donors (Lipinski definition) is 1. The SMILES string of the molecule is CC(=O)NCCN(c1ccc(F)cc1F)S(C)(=O)=O. The van der Waals surface area contributed by atoms with Crippen LogP contribution in [0.25, 0.3) is 0 Å². The maximum atomic E-state index is 13.6. The Bertz CT molecular complexity index is 575. The lowest BCUT2D eigenvalue weighted by molar-refractivity contribution is -0.118. The fraction of sp³-hybridized carbons (Fsp3) is 0.364. The fourth-order valence-corrected chi connectivity index (χ4v) is 2.41. The normalized spacial score (nSPS) is 11.2. The van der Waals surface area contributed by atoms with Gasteiger partial charge in [-0.2, -0.15) is 0 Å². The van der Waals surface area contributed by atoms with E-state index in [1.165, 1.54) is 6.92 Å². The number of sulfonamides is 1. The first kappa shape index (κ1) is 15.4. The highest BCUT2D eigenvalue weighted by molar-refractivity contribution is 7.92. The van der Waals surface area contributed by atoms with Gasteiger partial charge in [0.1, 0.15) is 11.6 Å². The van der Waals surface area contributed by atoms with E-state index >= 15 is 0 Å². The standard InChI is InChI=1S/C11H14F2N2O3S/c1-8(16)14-5-6-15(19(2,17)18)11-4-3-9(12)7-10(11)13/h3-4,7H,5-6H2,1-2H3,(H,14,16). The molecule has 1 amide bonds. The molecule has 0 aliphatic carbocycles. The topological polar surface area (TPSA) is 66.5 Å². The predicted octanol–water partition coefficient (Wildman–Crippen LogP) is 0.867. The number of rotatable bonds is 5. The average Bonchev–Trinajstić information content (AvgIpc) is 2.24. The van der Waals surface area contributed by atoms with Gasteiger partial charge in [-0.1, -0.05) is 0 Å². The molecule has 106 valence electrons. The van der Waals surface area contributed by atoms with Crippen molar-refractivity contribution in [3.8, 4) is 0 Å². The number of nitrogens with one attached hydrogen (secondary N) is 1. The zero-order valence-corrected chi connectivity index (χ0v) is 11.3. The number of benzene rings is 1. The van der Waals surface area contributed by atoms with E-state index in [2.05, 4.69) is 5.32 Å². The van der Waals surface area contributed by atoms with Crippen LogP contribution in [0.3, 0.4) is 0 Å². The second kappa shape index (κ2) is 5.96. The summed E-state index contributed by atoms with van der Waals surface area (Å²) in [5, 5.41) is 2.41. The number of hydrogen-bond acceptors (Lipinski definition) is 3. The second-order valence-corrected chi connectivity index (χ2v) is 5.82. The molecule has 0 aliphatic rings. The number of anilines is 1. The molecule has 5 nitrogen and oxygen atoms in total. The molecule has 0 unspecified atom stereocenters. The Hall–Kier alpha value is -1.70. The van der Waals surface area contributed by atoms with Crippen molar-refractivity contribution in [2.24, 2.45) is 0 Å². The van der Waals surface area contributed by atoms with E-state index in [1.807, 2.05) is 0 Å². The van der Waals surface area contributed by atoms with Crippen molar-refractivity contribution >= 4 is 21.6 Å². The molecule has 0 saturated carbocycles. The fourth-order valence-electron chi connectivity index (χ4n) is 1.48. The van der Waals surface area contributed by atoms with E-state index < -0.39 is 21.7 Å². The molecule has 1 aromatic carbocycles. The molecule has 0 saturated heterocycles. The molecule has 0 bridgehead atoms. The zero-order valence-electron chi connectivity index (χ0n) is 10.5. The molecule has 0 fully saturated rings. The van der Waals surface area contributed by atoms with E-state index in [1.54, 1.807) is 0 Å². The van der Waals surface area contributed by atoms with Crippen molar-refractivity contribution in [2.45, 2.75) is 6.92 Å². The molecule has 1 N–H and O–H groups in total. The quantitative estimate of drug-likeness (QED) is 0.875. The maximum Gasteiger partial charge on any atom is 0.232 e. The van der Waals surface area contributed by atoms with Gasteiger partial charge in [0, 0.05) is 19.5 Å². The van der Waals surface area contributed by atoms with Crippen molar-refractivity contribution in [1.29, 1.82) is 0 Å². The first-order valence-electron chi connectivity index (χ1n) is 5.39. The highest BCUT2D eigenvalue weighted by Crippen LogP contribution is 2.22. The second-order valence-electron chi connectivity index (χ2n) is 3.91. The van der Waals surface area contributed by atoms with Crippen LogP contribution in [0.15, 0.2) is 18.2 Å². The third-order valence-electron chi connectivity index (χ3n) is 2.27. The van der Waals surface area contributed by atoms with E-state index in [4.69, 9.17) is 0 Å². The minimum atomic E-state index is -3.73. The number of carbonyl (C=O) groups excluding carboxylic acids is 1. The summed E-state index contributed by atoms with van der Waals surface area (Å²) in [7, 11) is -3.73. The number of halogens is 2. The van der Waals surface area contributed by atoms with Gasteiger partial charge in [-0.05, 0) is 12.1 Å². The van der Waals surface area contributed by atoms with Crippen LogP contribution in [0.2, 0.25) is 0 Å². The first-order valence-corrected chi connectivity index (χ1v) is 7.24. The van der Waals surface area contributed by atoms with Crippen molar-refractivity contribution < 1.29 is 22.0 Å². The van der Waals surface area contributed by atoms with Crippen LogP contribution < -0.4 is 9.62 Å². The molecule has 8 heteroatoms. The van der Waals surface area contributed by atoms with Crippen molar-refractivity contribution in [2.75, 3.05) is 23.7 Å². The monoisotopic (exact) mass is 292 g/mol. The summed E-state index contributed by atoms with van der Waals surface area (Å²) >= 11 is 0. The summed E-state index contributed by atoms with van der Waals surface area (Å²) in [5.74, 6) is -2.10. The van der Waals surface area contributed by atoms with Gasteiger partial charge in [0.05, 0.1) is 18.5 Å². The summed E-state index contributed by atoms with van der Waals surface area (Å²) in [6.45, 7) is 1.17. The molecule has 0 spiro atoms. The van der Waals surface area contributed by atoms with Gasteiger partial charge in [-0.15, -0.1) is 0 Å². The molecule has 1 aromatic rings. The maximum absolute atomic E-state index is 13.6. The van der Waals surface area contributed by atoms with Crippen molar-refractivity contribution in [1.82, 2.24) is 5.32 Å².